The van der Waals surface area contributed by atoms with Gasteiger partial charge in [0.05, 0.1) is 15.6 Å². The van der Waals surface area contributed by atoms with E-state index in [2.05, 4.69) is 0 Å². The number of nitrogens with two attached hydrogens (primary N) is 1. The van der Waals surface area contributed by atoms with E-state index in [9.17, 15) is 8.42 Å². The van der Waals surface area contributed by atoms with Gasteiger partial charge in [-0.25, -0.2) is 8.42 Å². The summed E-state index contributed by atoms with van der Waals surface area (Å²) in [4.78, 5) is 0.184. The van der Waals surface area contributed by atoms with E-state index in [1.807, 2.05) is 24.3 Å². The third kappa shape index (κ3) is 2.64. The number of benzene rings is 2. The third-order valence-corrected chi connectivity index (χ3v) is 5.89. The van der Waals surface area contributed by atoms with Gasteiger partial charge in [0.2, 0.25) is 10.0 Å². The van der Waals surface area contributed by atoms with Crippen LogP contribution in [0.5, 0.6) is 0 Å². The second kappa shape index (κ2) is 5.33. The Morgan fingerprint density at radius 1 is 1.10 bits per heavy atom. The van der Waals surface area contributed by atoms with Crippen LogP contribution in [-0.2, 0) is 23.0 Å². The average molecular weight is 323 g/mol. The Morgan fingerprint density at radius 3 is 2.52 bits per heavy atom. The molecule has 0 amide bonds. The highest BCUT2D eigenvalue weighted by Gasteiger charge is 2.28. The molecule has 0 spiro atoms. The van der Waals surface area contributed by atoms with E-state index in [0.29, 0.717) is 18.1 Å². The Bertz CT molecular complexity index is 790. The molecule has 1 heterocycles. The van der Waals surface area contributed by atoms with E-state index in [1.54, 1.807) is 0 Å². The molecule has 0 aliphatic carbocycles. The third-order valence-electron chi connectivity index (χ3n) is 3.70. The van der Waals surface area contributed by atoms with Crippen LogP contribution in [0.2, 0.25) is 5.02 Å². The van der Waals surface area contributed by atoms with Crippen LogP contribution in [-0.4, -0.2) is 19.3 Å². The molecular formula is C15H15ClN2O2S. The summed E-state index contributed by atoms with van der Waals surface area (Å²) in [5, 5.41) is 0.359. The molecule has 0 radical (unpaired) electrons. The molecule has 6 heteroatoms. The van der Waals surface area contributed by atoms with Crippen LogP contribution in [0.25, 0.3) is 0 Å². The predicted molar refractivity (Wildman–Crippen MR) is 83.6 cm³/mol. The van der Waals surface area contributed by atoms with Crippen molar-refractivity contribution in [2.75, 3.05) is 12.3 Å². The lowest BCUT2D eigenvalue weighted by Gasteiger charge is -2.28. The second-order valence-electron chi connectivity index (χ2n) is 5.04. The van der Waals surface area contributed by atoms with Crippen molar-refractivity contribution in [3.63, 3.8) is 0 Å². The molecule has 2 aromatic carbocycles. The highest BCUT2D eigenvalue weighted by Crippen LogP contribution is 2.28. The van der Waals surface area contributed by atoms with Gasteiger partial charge in [-0.05, 0) is 35.7 Å². The van der Waals surface area contributed by atoms with Gasteiger partial charge >= 0.3 is 0 Å². The van der Waals surface area contributed by atoms with Gasteiger partial charge in [0.1, 0.15) is 0 Å². The fourth-order valence-corrected chi connectivity index (χ4v) is 4.08. The quantitative estimate of drug-likeness (QED) is 0.865. The number of hydrogen-bond acceptors (Lipinski definition) is 3. The van der Waals surface area contributed by atoms with Gasteiger partial charge in [-0.1, -0.05) is 35.9 Å². The molecule has 1 aliphatic rings. The number of hydrogen-bond donors (Lipinski definition) is 1. The molecule has 21 heavy (non-hydrogen) atoms. The average Bonchev–Trinajstić information content (AvgIpc) is 2.49. The van der Waals surface area contributed by atoms with Gasteiger partial charge in [-0.3, -0.25) is 0 Å². The molecule has 110 valence electrons. The minimum absolute atomic E-state index is 0.184. The fraction of sp³-hybridized carbons (Fsp3) is 0.200. The minimum Gasteiger partial charge on any atom is -0.397 e. The van der Waals surface area contributed by atoms with Gasteiger partial charge in [0.25, 0.3) is 0 Å². The van der Waals surface area contributed by atoms with Gasteiger partial charge in [0, 0.05) is 13.1 Å². The van der Waals surface area contributed by atoms with Crippen LogP contribution < -0.4 is 5.73 Å². The zero-order valence-electron chi connectivity index (χ0n) is 11.3. The molecule has 0 bridgehead atoms. The zero-order valence-corrected chi connectivity index (χ0v) is 12.9. The molecule has 4 nitrogen and oxygen atoms in total. The Hall–Kier alpha value is -1.56. The van der Waals surface area contributed by atoms with Crippen LogP contribution >= 0.6 is 11.6 Å². The van der Waals surface area contributed by atoms with Crippen molar-refractivity contribution in [3.8, 4) is 0 Å². The molecule has 3 rings (SSSR count). The predicted octanol–water partition coefficient (Wildman–Crippen LogP) is 2.67. The van der Waals surface area contributed by atoms with E-state index in [0.717, 1.165) is 12.0 Å². The lowest BCUT2D eigenvalue weighted by molar-refractivity contribution is 0.391. The summed E-state index contributed by atoms with van der Waals surface area (Å²) in [5.74, 6) is 0. The highest BCUT2D eigenvalue weighted by atomic mass is 35.5. The minimum atomic E-state index is -3.55. The van der Waals surface area contributed by atoms with Crippen molar-refractivity contribution in [1.29, 1.82) is 0 Å². The molecule has 0 saturated carbocycles. The summed E-state index contributed by atoms with van der Waals surface area (Å²) >= 11 is 5.85. The second-order valence-corrected chi connectivity index (χ2v) is 7.39. The van der Waals surface area contributed by atoms with Gasteiger partial charge in [-0.2, -0.15) is 4.31 Å². The van der Waals surface area contributed by atoms with Crippen LogP contribution in [0, 0.1) is 0 Å². The number of fused-ring (bicyclic) bond motifs is 1. The van der Waals surface area contributed by atoms with Crippen LogP contribution in [0.15, 0.2) is 47.4 Å². The first kappa shape index (κ1) is 14.4. The Balaban J connectivity index is 1.95. The van der Waals surface area contributed by atoms with E-state index in [4.69, 9.17) is 17.3 Å². The fourth-order valence-electron chi connectivity index (χ4n) is 2.51. The first-order valence-electron chi connectivity index (χ1n) is 6.60. The molecule has 2 N–H and O–H groups in total. The largest absolute Gasteiger partial charge is 0.397 e. The first-order chi connectivity index (χ1) is 9.98. The maximum Gasteiger partial charge on any atom is 0.243 e. The van der Waals surface area contributed by atoms with Gasteiger partial charge in [0.15, 0.2) is 0 Å². The topological polar surface area (TPSA) is 63.4 Å². The molecular weight excluding hydrogens is 308 g/mol. The summed E-state index contributed by atoms with van der Waals surface area (Å²) in [6.45, 7) is 0.864. The van der Waals surface area contributed by atoms with E-state index < -0.39 is 10.0 Å². The number of sulfonamides is 1. The molecule has 1 aliphatic heterocycles. The maximum atomic E-state index is 12.7. The SMILES string of the molecule is Nc1cc(S(=O)(=O)N2CCc3ccccc3C2)ccc1Cl. The normalized spacial score (nSPS) is 15.7. The highest BCUT2D eigenvalue weighted by molar-refractivity contribution is 7.89. The van der Waals surface area contributed by atoms with Crippen LogP contribution in [0.1, 0.15) is 11.1 Å². The lowest BCUT2D eigenvalue weighted by Crippen LogP contribution is -2.35. The summed E-state index contributed by atoms with van der Waals surface area (Å²) in [7, 11) is -3.55. The van der Waals surface area contributed by atoms with Crippen molar-refractivity contribution >= 4 is 27.3 Å². The summed E-state index contributed by atoms with van der Waals surface area (Å²) in [5.41, 5.74) is 8.24. The van der Waals surface area contributed by atoms with Gasteiger partial charge in [-0.15, -0.1) is 0 Å². The lowest BCUT2D eigenvalue weighted by atomic mass is 10.0. The van der Waals surface area contributed by atoms with E-state index in [1.165, 1.54) is 28.1 Å². The smallest absolute Gasteiger partial charge is 0.243 e. The number of nitrogen functional groups attached to an aromatic ring is 1. The molecule has 0 unspecified atom stereocenters. The number of halogens is 1. The van der Waals surface area contributed by atoms with Crippen LogP contribution in [0.3, 0.4) is 0 Å². The standard InChI is InChI=1S/C15H15ClN2O2S/c16-14-6-5-13(9-15(14)17)21(19,20)18-8-7-11-3-1-2-4-12(11)10-18/h1-6,9H,7-8,10,17H2. The molecule has 0 aromatic heterocycles. The molecule has 0 fully saturated rings. The Kier molecular flexibility index (Phi) is 3.65. The van der Waals surface area contributed by atoms with Gasteiger partial charge < -0.3 is 5.73 Å². The first-order valence-corrected chi connectivity index (χ1v) is 8.42. The number of anilines is 1. The number of rotatable bonds is 2. The summed E-state index contributed by atoms with van der Waals surface area (Å²) < 4.78 is 26.9. The van der Waals surface area contributed by atoms with E-state index >= 15 is 0 Å². The Morgan fingerprint density at radius 2 is 1.81 bits per heavy atom. The monoisotopic (exact) mass is 322 g/mol. The van der Waals surface area contributed by atoms with Crippen molar-refractivity contribution in [3.05, 3.63) is 58.6 Å². The maximum absolute atomic E-state index is 12.7. The zero-order chi connectivity index (χ0) is 15.0. The Labute approximate surface area is 129 Å². The molecule has 2 aromatic rings. The summed E-state index contributed by atoms with van der Waals surface area (Å²) in [6, 6.07) is 12.3. The van der Waals surface area contributed by atoms with Crippen molar-refractivity contribution in [1.82, 2.24) is 4.31 Å². The molecule has 0 atom stereocenters. The van der Waals surface area contributed by atoms with Crippen molar-refractivity contribution in [2.24, 2.45) is 0 Å². The number of nitrogens with zero attached hydrogens (tertiary/aromatic N) is 1. The summed E-state index contributed by atoms with van der Waals surface area (Å²) in [6.07, 6.45) is 0.721. The van der Waals surface area contributed by atoms with Crippen molar-refractivity contribution < 1.29 is 8.42 Å². The van der Waals surface area contributed by atoms with Crippen molar-refractivity contribution in [2.45, 2.75) is 17.9 Å². The molecule has 0 saturated heterocycles. The van der Waals surface area contributed by atoms with E-state index in [-0.39, 0.29) is 10.6 Å². The van der Waals surface area contributed by atoms with Crippen LogP contribution in [0.4, 0.5) is 5.69 Å².